The molecule has 1 aliphatic heterocycles. The van der Waals surface area contributed by atoms with Gasteiger partial charge in [0.1, 0.15) is 0 Å². The van der Waals surface area contributed by atoms with Crippen LogP contribution < -0.4 is 5.73 Å². The Bertz CT molecular complexity index is 296. The van der Waals surface area contributed by atoms with Crippen LogP contribution in [0.1, 0.15) is 23.6 Å². The lowest BCUT2D eigenvalue weighted by Crippen LogP contribution is -2.15. The Kier molecular flexibility index (Phi) is 2.11. The molecular weight excluding hydrogens is 166 g/mol. The molecule has 0 aromatic heterocycles. The normalized spacial score (nSPS) is 22.0. The maximum absolute atomic E-state index is 6.00. The molecule has 0 radical (unpaired) electrons. The van der Waals surface area contributed by atoms with Gasteiger partial charge in [0.25, 0.3) is 0 Å². The summed E-state index contributed by atoms with van der Waals surface area (Å²) < 4.78 is 0. The van der Waals surface area contributed by atoms with Crippen LogP contribution in [-0.2, 0) is 0 Å². The van der Waals surface area contributed by atoms with Crippen molar-refractivity contribution in [3.05, 3.63) is 29.3 Å². The first-order valence-corrected chi connectivity index (χ1v) is 5.25. The number of nitrogens with two attached hydrogens (primary N) is 1. The van der Waals surface area contributed by atoms with Gasteiger partial charge in [-0.2, -0.15) is 0 Å². The number of thioether (sulfide) groups is 1. The van der Waals surface area contributed by atoms with E-state index in [1.807, 2.05) is 11.8 Å². The van der Waals surface area contributed by atoms with Gasteiger partial charge in [0.2, 0.25) is 0 Å². The van der Waals surface area contributed by atoms with E-state index in [-0.39, 0.29) is 6.04 Å². The van der Waals surface area contributed by atoms with Crippen LogP contribution in [0.25, 0.3) is 0 Å². The van der Waals surface area contributed by atoms with E-state index >= 15 is 0 Å². The lowest BCUT2D eigenvalue weighted by Gasteiger charge is -2.21. The zero-order chi connectivity index (χ0) is 8.55. The van der Waals surface area contributed by atoms with Crippen molar-refractivity contribution in [2.75, 3.05) is 5.75 Å². The molecule has 0 aliphatic carbocycles. The molecule has 1 aromatic rings. The number of rotatable bonds is 0. The molecule has 0 bridgehead atoms. The van der Waals surface area contributed by atoms with Gasteiger partial charge >= 0.3 is 0 Å². The summed E-state index contributed by atoms with van der Waals surface area (Å²) in [6, 6.07) is 6.82. The van der Waals surface area contributed by atoms with Crippen LogP contribution in [0, 0.1) is 6.92 Å². The fraction of sp³-hybridized carbons (Fsp3) is 0.400. The molecule has 1 aromatic carbocycles. The second-order valence-electron chi connectivity index (χ2n) is 3.28. The molecule has 1 aliphatic rings. The molecular formula is C10H13NS. The molecule has 2 heteroatoms. The lowest BCUT2D eigenvalue weighted by atomic mass is 10.0. The molecule has 1 nitrogen and oxygen atoms in total. The second-order valence-corrected chi connectivity index (χ2v) is 4.42. The van der Waals surface area contributed by atoms with E-state index in [1.54, 1.807) is 0 Å². The largest absolute Gasteiger partial charge is 0.324 e. The number of hydrogen-bond acceptors (Lipinski definition) is 2. The average molecular weight is 179 g/mol. The minimum Gasteiger partial charge on any atom is -0.324 e. The molecule has 1 unspecified atom stereocenters. The van der Waals surface area contributed by atoms with Gasteiger partial charge in [0.05, 0.1) is 0 Å². The van der Waals surface area contributed by atoms with Crippen molar-refractivity contribution in [3.63, 3.8) is 0 Å². The highest BCUT2D eigenvalue weighted by atomic mass is 32.2. The Labute approximate surface area is 77.3 Å². The summed E-state index contributed by atoms with van der Waals surface area (Å²) in [7, 11) is 0. The molecule has 2 N–H and O–H groups in total. The molecule has 0 amide bonds. The monoisotopic (exact) mass is 179 g/mol. The second kappa shape index (κ2) is 3.11. The Balaban J connectivity index is 2.47. The highest BCUT2D eigenvalue weighted by Crippen LogP contribution is 2.34. The molecule has 0 saturated carbocycles. The van der Waals surface area contributed by atoms with Crippen LogP contribution in [0.5, 0.6) is 0 Å². The standard InChI is InChI=1S/C10H13NS/c1-7-2-3-10-8(6-7)9(11)4-5-12-10/h2-3,6,9H,4-5,11H2,1H3. The molecule has 64 valence electrons. The third-order valence-corrected chi connectivity index (χ3v) is 3.37. The Morgan fingerprint density at radius 2 is 2.33 bits per heavy atom. The molecule has 0 fully saturated rings. The molecule has 2 rings (SSSR count). The van der Waals surface area contributed by atoms with E-state index < -0.39 is 0 Å². The maximum atomic E-state index is 6.00. The average Bonchev–Trinajstić information content (AvgIpc) is 2.07. The van der Waals surface area contributed by atoms with Gasteiger partial charge in [0.15, 0.2) is 0 Å². The Morgan fingerprint density at radius 1 is 1.50 bits per heavy atom. The summed E-state index contributed by atoms with van der Waals surface area (Å²) in [5.74, 6) is 1.16. The fourth-order valence-corrected chi connectivity index (χ4v) is 2.67. The molecule has 12 heavy (non-hydrogen) atoms. The maximum Gasteiger partial charge on any atom is 0.0314 e. The van der Waals surface area contributed by atoms with Crippen LogP contribution in [0.3, 0.4) is 0 Å². The van der Waals surface area contributed by atoms with Crippen molar-refractivity contribution >= 4 is 11.8 Å². The number of hydrogen-bond donors (Lipinski definition) is 1. The smallest absolute Gasteiger partial charge is 0.0314 e. The van der Waals surface area contributed by atoms with Gasteiger partial charge in [-0.05, 0) is 30.7 Å². The zero-order valence-corrected chi connectivity index (χ0v) is 8.03. The van der Waals surface area contributed by atoms with E-state index in [1.165, 1.54) is 16.0 Å². The van der Waals surface area contributed by atoms with E-state index in [4.69, 9.17) is 5.73 Å². The summed E-state index contributed by atoms with van der Waals surface area (Å²) in [5.41, 5.74) is 8.65. The third kappa shape index (κ3) is 1.37. The van der Waals surface area contributed by atoms with Gasteiger partial charge in [-0.3, -0.25) is 0 Å². The Morgan fingerprint density at radius 3 is 3.17 bits per heavy atom. The highest BCUT2D eigenvalue weighted by molar-refractivity contribution is 7.99. The van der Waals surface area contributed by atoms with Gasteiger partial charge in [-0.1, -0.05) is 17.7 Å². The van der Waals surface area contributed by atoms with Crippen LogP contribution in [0.4, 0.5) is 0 Å². The van der Waals surface area contributed by atoms with Crippen LogP contribution in [0.2, 0.25) is 0 Å². The van der Waals surface area contributed by atoms with E-state index in [0.29, 0.717) is 0 Å². The SMILES string of the molecule is Cc1ccc2c(c1)C(N)CCS2. The first-order chi connectivity index (χ1) is 5.77. The third-order valence-electron chi connectivity index (χ3n) is 2.25. The molecule has 1 atom stereocenters. The predicted molar refractivity (Wildman–Crippen MR) is 53.4 cm³/mol. The van der Waals surface area contributed by atoms with E-state index in [0.717, 1.165) is 12.2 Å². The van der Waals surface area contributed by atoms with Crippen molar-refractivity contribution in [1.82, 2.24) is 0 Å². The summed E-state index contributed by atoms with van der Waals surface area (Å²) in [6.45, 7) is 2.12. The summed E-state index contributed by atoms with van der Waals surface area (Å²) in [5, 5.41) is 0. The van der Waals surface area contributed by atoms with Crippen molar-refractivity contribution in [3.8, 4) is 0 Å². The van der Waals surface area contributed by atoms with Crippen molar-refractivity contribution in [2.45, 2.75) is 24.3 Å². The minimum absolute atomic E-state index is 0.265. The van der Waals surface area contributed by atoms with E-state index in [2.05, 4.69) is 25.1 Å². The van der Waals surface area contributed by atoms with Crippen LogP contribution in [-0.4, -0.2) is 5.75 Å². The Hall–Kier alpha value is -0.470. The van der Waals surface area contributed by atoms with Gasteiger partial charge in [-0.25, -0.2) is 0 Å². The summed E-state index contributed by atoms with van der Waals surface area (Å²) in [4.78, 5) is 1.37. The van der Waals surface area contributed by atoms with Crippen LogP contribution >= 0.6 is 11.8 Å². The predicted octanol–water partition coefficient (Wildman–Crippen LogP) is 2.49. The lowest BCUT2D eigenvalue weighted by molar-refractivity contribution is 0.679. The summed E-state index contributed by atoms with van der Waals surface area (Å²) >= 11 is 1.92. The van der Waals surface area contributed by atoms with Gasteiger partial charge in [-0.15, -0.1) is 11.8 Å². The fourth-order valence-electron chi connectivity index (χ4n) is 1.54. The number of benzene rings is 1. The van der Waals surface area contributed by atoms with Gasteiger partial charge in [0, 0.05) is 10.9 Å². The van der Waals surface area contributed by atoms with Crippen molar-refractivity contribution in [1.29, 1.82) is 0 Å². The molecule has 1 heterocycles. The first kappa shape index (κ1) is 8.14. The molecule has 0 spiro atoms. The van der Waals surface area contributed by atoms with E-state index in [9.17, 15) is 0 Å². The molecule has 0 saturated heterocycles. The number of aryl methyl sites for hydroxylation is 1. The van der Waals surface area contributed by atoms with Crippen molar-refractivity contribution < 1.29 is 0 Å². The van der Waals surface area contributed by atoms with Gasteiger partial charge < -0.3 is 5.73 Å². The summed E-state index contributed by atoms with van der Waals surface area (Å²) in [6.07, 6.45) is 1.11. The topological polar surface area (TPSA) is 26.0 Å². The number of fused-ring (bicyclic) bond motifs is 1. The first-order valence-electron chi connectivity index (χ1n) is 4.26. The highest BCUT2D eigenvalue weighted by Gasteiger charge is 2.16. The van der Waals surface area contributed by atoms with Crippen molar-refractivity contribution in [2.24, 2.45) is 5.73 Å². The zero-order valence-electron chi connectivity index (χ0n) is 7.21. The quantitative estimate of drug-likeness (QED) is 0.662. The minimum atomic E-state index is 0.265. The van der Waals surface area contributed by atoms with Crippen LogP contribution in [0.15, 0.2) is 23.1 Å².